The van der Waals surface area contributed by atoms with E-state index in [-0.39, 0.29) is 11.3 Å². The molecule has 17 heavy (non-hydrogen) atoms. The Balaban J connectivity index is 2.51. The van der Waals surface area contributed by atoms with Crippen molar-refractivity contribution in [3.63, 3.8) is 0 Å². The van der Waals surface area contributed by atoms with E-state index in [1.54, 1.807) is 0 Å². The SMILES string of the molecule is O=C(O)CNC(=O)CC(=O)c1ccc(O)cc1. The lowest BCUT2D eigenvalue weighted by Crippen LogP contribution is -2.30. The predicted molar refractivity (Wildman–Crippen MR) is 57.7 cm³/mol. The van der Waals surface area contributed by atoms with Gasteiger partial charge < -0.3 is 15.5 Å². The fourth-order valence-electron chi connectivity index (χ4n) is 1.13. The van der Waals surface area contributed by atoms with Gasteiger partial charge in [-0.15, -0.1) is 0 Å². The number of carboxylic acid groups (broad SMARTS) is 1. The van der Waals surface area contributed by atoms with E-state index in [1.165, 1.54) is 24.3 Å². The van der Waals surface area contributed by atoms with Gasteiger partial charge in [0.25, 0.3) is 0 Å². The van der Waals surface area contributed by atoms with Gasteiger partial charge in [0.1, 0.15) is 12.3 Å². The van der Waals surface area contributed by atoms with Crippen LogP contribution in [0.5, 0.6) is 5.75 Å². The highest BCUT2D eigenvalue weighted by Crippen LogP contribution is 2.11. The second-order valence-electron chi connectivity index (χ2n) is 3.32. The van der Waals surface area contributed by atoms with Gasteiger partial charge in [0, 0.05) is 5.56 Å². The highest BCUT2D eigenvalue weighted by molar-refractivity contribution is 6.07. The van der Waals surface area contributed by atoms with Crippen LogP contribution < -0.4 is 5.32 Å². The van der Waals surface area contributed by atoms with E-state index in [2.05, 4.69) is 5.32 Å². The van der Waals surface area contributed by atoms with Crippen LogP contribution in [-0.4, -0.2) is 34.4 Å². The largest absolute Gasteiger partial charge is 0.508 e. The molecule has 3 N–H and O–H groups in total. The Morgan fingerprint density at radius 3 is 2.24 bits per heavy atom. The van der Waals surface area contributed by atoms with E-state index in [4.69, 9.17) is 10.2 Å². The molecule has 1 rings (SSSR count). The standard InChI is InChI=1S/C11H11NO5/c13-8-3-1-7(2-4-8)9(14)5-10(15)12-6-11(16)17/h1-4,13H,5-6H2,(H,12,15)(H,16,17). The molecule has 0 saturated heterocycles. The summed E-state index contributed by atoms with van der Waals surface area (Å²) < 4.78 is 0. The van der Waals surface area contributed by atoms with Crippen LogP contribution in [0.1, 0.15) is 16.8 Å². The van der Waals surface area contributed by atoms with E-state index < -0.39 is 30.6 Å². The van der Waals surface area contributed by atoms with Crippen molar-refractivity contribution in [1.82, 2.24) is 5.32 Å². The number of benzene rings is 1. The van der Waals surface area contributed by atoms with Crippen LogP contribution >= 0.6 is 0 Å². The Bertz CT molecular complexity index is 438. The van der Waals surface area contributed by atoms with Crippen LogP contribution in [0.25, 0.3) is 0 Å². The molecule has 0 aliphatic heterocycles. The van der Waals surface area contributed by atoms with Crippen LogP contribution in [0, 0.1) is 0 Å². The fraction of sp³-hybridized carbons (Fsp3) is 0.182. The molecule has 1 aromatic rings. The predicted octanol–water partition coefficient (Wildman–Crippen LogP) is 0.166. The van der Waals surface area contributed by atoms with Gasteiger partial charge in [0.2, 0.25) is 5.91 Å². The molecule has 0 unspecified atom stereocenters. The third kappa shape index (κ3) is 4.33. The molecule has 6 nitrogen and oxygen atoms in total. The van der Waals surface area contributed by atoms with E-state index in [9.17, 15) is 14.4 Å². The van der Waals surface area contributed by atoms with Crippen molar-refractivity contribution < 1.29 is 24.6 Å². The number of rotatable bonds is 5. The molecule has 0 bridgehead atoms. The van der Waals surface area contributed by atoms with Gasteiger partial charge in [-0.3, -0.25) is 14.4 Å². The van der Waals surface area contributed by atoms with Crippen LogP contribution in [-0.2, 0) is 9.59 Å². The summed E-state index contributed by atoms with van der Waals surface area (Å²) in [6.45, 7) is -0.512. The molecule has 1 aromatic carbocycles. The minimum atomic E-state index is -1.17. The second-order valence-corrected chi connectivity index (χ2v) is 3.32. The average molecular weight is 237 g/mol. The molecule has 0 fully saturated rings. The first-order valence-electron chi connectivity index (χ1n) is 4.80. The van der Waals surface area contributed by atoms with Crippen LogP contribution in [0.2, 0.25) is 0 Å². The van der Waals surface area contributed by atoms with E-state index in [1.807, 2.05) is 0 Å². The zero-order valence-corrected chi connectivity index (χ0v) is 8.84. The number of phenolic OH excluding ortho intramolecular Hbond substituents is 1. The first kappa shape index (κ1) is 12.7. The van der Waals surface area contributed by atoms with Crippen molar-refractivity contribution in [3.8, 4) is 5.75 Å². The summed E-state index contributed by atoms with van der Waals surface area (Å²) >= 11 is 0. The molecular weight excluding hydrogens is 226 g/mol. The number of nitrogens with one attached hydrogen (secondary N) is 1. The number of hydrogen-bond donors (Lipinski definition) is 3. The molecule has 0 atom stereocenters. The van der Waals surface area contributed by atoms with Crippen LogP contribution in [0.4, 0.5) is 0 Å². The number of aliphatic carboxylic acids is 1. The summed E-state index contributed by atoms with van der Waals surface area (Å²) in [5, 5.41) is 19.4. The number of phenols is 1. The summed E-state index contributed by atoms with van der Waals surface area (Å²) in [5.74, 6) is -2.23. The second kappa shape index (κ2) is 5.64. The van der Waals surface area contributed by atoms with Gasteiger partial charge in [0.05, 0.1) is 6.42 Å². The van der Waals surface area contributed by atoms with Gasteiger partial charge in [-0.1, -0.05) is 0 Å². The Kier molecular flexibility index (Phi) is 4.21. The number of carbonyl (C=O) groups is 3. The highest BCUT2D eigenvalue weighted by Gasteiger charge is 2.12. The Hall–Kier alpha value is -2.37. The first-order valence-corrected chi connectivity index (χ1v) is 4.80. The highest BCUT2D eigenvalue weighted by atomic mass is 16.4. The minimum Gasteiger partial charge on any atom is -0.508 e. The molecule has 0 aliphatic rings. The molecule has 6 heteroatoms. The summed E-state index contributed by atoms with van der Waals surface area (Å²) in [4.78, 5) is 32.8. The lowest BCUT2D eigenvalue weighted by Gasteiger charge is -2.02. The van der Waals surface area contributed by atoms with Crippen LogP contribution in [0.15, 0.2) is 24.3 Å². The molecule has 0 radical (unpaired) electrons. The van der Waals surface area contributed by atoms with E-state index in [0.717, 1.165) is 0 Å². The number of Topliss-reactive ketones (excluding diaryl/α,β-unsaturated/α-hetero) is 1. The topological polar surface area (TPSA) is 104 Å². The lowest BCUT2D eigenvalue weighted by molar-refractivity contribution is -0.137. The first-order chi connectivity index (χ1) is 7.99. The Labute approximate surface area is 96.9 Å². The number of hydrogen-bond acceptors (Lipinski definition) is 4. The minimum absolute atomic E-state index is 0.0249. The summed E-state index contributed by atoms with van der Waals surface area (Å²) in [6.07, 6.45) is -0.419. The van der Waals surface area contributed by atoms with Gasteiger partial charge >= 0.3 is 5.97 Å². The molecule has 0 spiro atoms. The molecule has 1 amide bonds. The normalized spacial score (nSPS) is 9.65. The van der Waals surface area contributed by atoms with E-state index in [0.29, 0.717) is 0 Å². The van der Waals surface area contributed by atoms with Crippen molar-refractivity contribution >= 4 is 17.7 Å². The van der Waals surface area contributed by atoms with Crippen LogP contribution in [0.3, 0.4) is 0 Å². The number of carbonyl (C=O) groups excluding carboxylic acids is 2. The maximum atomic E-state index is 11.5. The maximum absolute atomic E-state index is 11.5. The van der Waals surface area contributed by atoms with Crippen molar-refractivity contribution in [2.24, 2.45) is 0 Å². The van der Waals surface area contributed by atoms with Gasteiger partial charge in [-0.2, -0.15) is 0 Å². The summed E-state index contributed by atoms with van der Waals surface area (Å²) in [5.41, 5.74) is 0.285. The zero-order chi connectivity index (χ0) is 12.8. The summed E-state index contributed by atoms with van der Waals surface area (Å²) in [7, 11) is 0. The van der Waals surface area contributed by atoms with Gasteiger partial charge in [-0.25, -0.2) is 0 Å². The number of carboxylic acids is 1. The quantitative estimate of drug-likeness (QED) is 0.500. The monoisotopic (exact) mass is 237 g/mol. The Morgan fingerprint density at radius 2 is 1.71 bits per heavy atom. The van der Waals surface area contributed by atoms with Crippen molar-refractivity contribution in [3.05, 3.63) is 29.8 Å². The molecule has 0 heterocycles. The lowest BCUT2D eigenvalue weighted by atomic mass is 10.1. The van der Waals surface area contributed by atoms with Crippen molar-refractivity contribution in [2.75, 3.05) is 6.54 Å². The number of amides is 1. The summed E-state index contributed by atoms with van der Waals surface area (Å²) in [6, 6.07) is 5.45. The van der Waals surface area contributed by atoms with Crippen molar-refractivity contribution in [1.29, 1.82) is 0 Å². The van der Waals surface area contributed by atoms with Gasteiger partial charge in [-0.05, 0) is 24.3 Å². The molecule has 0 aliphatic carbocycles. The average Bonchev–Trinajstić information content (AvgIpc) is 2.27. The zero-order valence-electron chi connectivity index (χ0n) is 8.84. The third-order valence-electron chi connectivity index (χ3n) is 1.95. The molecule has 0 saturated carbocycles. The smallest absolute Gasteiger partial charge is 0.322 e. The molecule has 90 valence electrons. The molecule has 0 aromatic heterocycles. The number of ketones is 1. The maximum Gasteiger partial charge on any atom is 0.322 e. The molecular formula is C11H11NO5. The van der Waals surface area contributed by atoms with Crippen molar-refractivity contribution in [2.45, 2.75) is 6.42 Å². The number of aromatic hydroxyl groups is 1. The van der Waals surface area contributed by atoms with E-state index >= 15 is 0 Å². The third-order valence-corrected chi connectivity index (χ3v) is 1.95. The van der Waals surface area contributed by atoms with Gasteiger partial charge in [0.15, 0.2) is 5.78 Å². The fourth-order valence-corrected chi connectivity index (χ4v) is 1.13. The Morgan fingerprint density at radius 1 is 1.12 bits per heavy atom.